The zero-order valence-corrected chi connectivity index (χ0v) is 9.84. The summed E-state index contributed by atoms with van der Waals surface area (Å²) in [7, 11) is 0. The molecule has 1 fully saturated rings. The van der Waals surface area contributed by atoms with E-state index in [1.165, 1.54) is 25.9 Å². The lowest BCUT2D eigenvalue weighted by atomic mass is 9.97. The van der Waals surface area contributed by atoms with Crippen molar-refractivity contribution in [1.29, 1.82) is 0 Å². The van der Waals surface area contributed by atoms with Gasteiger partial charge in [0.25, 0.3) is 0 Å². The number of piperidine rings is 1. The smallest absolute Gasteiger partial charge is 0.158 e. The molecule has 1 aromatic rings. The Bertz CT molecular complexity index is 318. The first-order valence-corrected chi connectivity index (χ1v) is 6.03. The molecular formula is C11H20N4O. The van der Waals surface area contributed by atoms with Crippen molar-refractivity contribution in [2.24, 2.45) is 5.92 Å². The summed E-state index contributed by atoms with van der Waals surface area (Å²) in [6.07, 6.45) is 4.19. The normalized spacial score (nSPS) is 19.1. The molecule has 5 heteroatoms. The van der Waals surface area contributed by atoms with Crippen molar-refractivity contribution in [3.63, 3.8) is 0 Å². The highest BCUT2D eigenvalue weighted by molar-refractivity contribution is 4.84. The number of hydrogen-bond acceptors (Lipinski definition) is 4. The number of aromatic nitrogens is 3. The highest BCUT2D eigenvalue weighted by Gasteiger charge is 2.19. The molecule has 0 unspecified atom stereocenters. The van der Waals surface area contributed by atoms with Gasteiger partial charge >= 0.3 is 0 Å². The summed E-state index contributed by atoms with van der Waals surface area (Å²) in [6, 6.07) is 0. The number of hydrogen-bond donors (Lipinski definition) is 1. The molecule has 0 spiro atoms. The van der Waals surface area contributed by atoms with Crippen LogP contribution >= 0.6 is 0 Å². The van der Waals surface area contributed by atoms with Crippen molar-refractivity contribution in [1.82, 2.24) is 19.7 Å². The molecule has 1 aliphatic heterocycles. The zero-order valence-electron chi connectivity index (χ0n) is 9.84. The molecule has 1 aliphatic rings. The van der Waals surface area contributed by atoms with Crippen molar-refractivity contribution in [3.8, 4) is 0 Å². The summed E-state index contributed by atoms with van der Waals surface area (Å²) in [4.78, 5) is 2.48. The second-order valence-corrected chi connectivity index (χ2v) is 4.44. The van der Waals surface area contributed by atoms with Crippen LogP contribution in [0, 0.1) is 5.92 Å². The molecule has 1 N–H and O–H groups in total. The fourth-order valence-corrected chi connectivity index (χ4v) is 2.32. The van der Waals surface area contributed by atoms with Crippen LogP contribution in [0.25, 0.3) is 0 Å². The van der Waals surface area contributed by atoms with Gasteiger partial charge in [0, 0.05) is 6.54 Å². The van der Waals surface area contributed by atoms with Crippen LogP contribution in [0.2, 0.25) is 0 Å². The molecule has 2 rings (SSSR count). The third kappa shape index (κ3) is 2.59. The maximum Gasteiger partial charge on any atom is 0.158 e. The third-order valence-corrected chi connectivity index (χ3v) is 3.45. The number of likely N-dealkylation sites (tertiary alicyclic amines) is 1. The molecule has 2 heterocycles. The highest BCUT2D eigenvalue weighted by atomic mass is 16.3. The predicted molar refractivity (Wildman–Crippen MR) is 60.8 cm³/mol. The Morgan fingerprint density at radius 3 is 2.81 bits per heavy atom. The number of nitrogens with zero attached hydrogens (tertiary/aromatic N) is 4. The largest absolute Gasteiger partial charge is 0.388 e. The summed E-state index contributed by atoms with van der Waals surface area (Å²) >= 11 is 0. The van der Waals surface area contributed by atoms with Gasteiger partial charge in [-0.05, 0) is 38.4 Å². The number of aliphatic hydroxyl groups excluding tert-OH is 1. The molecule has 90 valence electrons. The standard InChI is InChI=1S/C11H20N4O/c1-2-14-5-3-10(4-6-14)7-15-9-12-13-11(15)8-16/h9-10,16H,2-8H2,1H3. The zero-order chi connectivity index (χ0) is 11.4. The first-order valence-electron chi connectivity index (χ1n) is 6.03. The van der Waals surface area contributed by atoms with E-state index in [1.807, 2.05) is 4.57 Å². The lowest BCUT2D eigenvalue weighted by Gasteiger charge is -2.31. The fraction of sp³-hybridized carbons (Fsp3) is 0.818. The quantitative estimate of drug-likeness (QED) is 0.809. The van der Waals surface area contributed by atoms with Crippen molar-refractivity contribution in [2.75, 3.05) is 19.6 Å². The molecule has 0 saturated carbocycles. The van der Waals surface area contributed by atoms with Gasteiger partial charge in [0.2, 0.25) is 0 Å². The minimum Gasteiger partial charge on any atom is -0.388 e. The maximum absolute atomic E-state index is 9.09. The van der Waals surface area contributed by atoms with E-state index < -0.39 is 0 Å². The van der Waals surface area contributed by atoms with Gasteiger partial charge in [0.1, 0.15) is 12.9 Å². The van der Waals surface area contributed by atoms with Crippen molar-refractivity contribution >= 4 is 0 Å². The minimum absolute atomic E-state index is 0.0200. The highest BCUT2D eigenvalue weighted by Crippen LogP contribution is 2.19. The molecule has 16 heavy (non-hydrogen) atoms. The van der Waals surface area contributed by atoms with Gasteiger partial charge in [-0.2, -0.15) is 0 Å². The van der Waals surface area contributed by atoms with Crippen molar-refractivity contribution in [3.05, 3.63) is 12.2 Å². The molecule has 5 nitrogen and oxygen atoms in total. The molecule has 0 aromatic carbocycles. The van der Waals surface area contributed by atoms with Gasteiger partial charge in [-0.15, -0.1) is 10.2 Å². The second-order valence-electron chi connectivity index (χ2n) is 4.44. The van der Waals surface area contributed by atoms with Gasteiger partial charge in [-0.25, -0.2) is 0 Å². The Balaban J connectivity index is 1.87. The molecule has 0 radical (unpaired) electrons. The van der Waals surface area contributed by atoms with Gasteiger partial charge in [0.15, 0.2) is 5.82 Å². The molecule has 0 bridgehead atoms. The molecule has 0 atom stereocenters. The monoisotopic (exact) mass is 224 g/mol. The van der Waals surface area contributed by atoms with Crippen molar-refractivity contribution < 1.29 is 5.11 Å². The molecule has 0 aliphatic carbocycles. The SMILES string of the molecule is CCN1CCC(Cn2cnnc2CO)CC1. The fourth-order valence-electron chi connectivity index (χ4n) is 2.32. The van der Waals surface area contributed by atoms with Crippen LogP contribution in [-0.4, -0.2) is 44.4 Å². The van der Waals surface area contributed by atoms with Crippen LogP contribution < -0.4 is 0 Å². The summed E-state index contributed by atoms with van der Waals surface area (Å²) < 4.78 is 1.98. The summed E-state index contributed by atoms with van der Waals surface area (Å²) in [5, 5.41) is 16.8. The Morgan fingerprint density at radius 1 is 1.44 bits per heavy atom. The Labute approximate surface area is 96.1 Å². The maximum atomic E-state index is 9.09. The molecule has 1 aromatic heterocycles. The third-order valence-electron chi connectivity index (χ3n) is 3.45. The van der Waals surface area contributed by atoms with E-state index in [2.05, 4.69) is 22.0 Å². The molecular weight excluding hydrogens is 204 g/mol. The van der Waals surface area contributed by atoms with Gasteiger partial charge in [-0.1, -0.05) is 6.92 Å². The Morgan fingerprint density at radius 2 is 2.19 bits per heavy atom. The van der Waals surface area contributed by atoms with Gasteiger partial charge < -0.3 is 14.6 Å². The summed E-state index contributed by atoms with van der Waals surface area (Å²) in [5.41, 5.74) is 0. The van der Waals surface area contributed by atoms with E-state index in [0.717, 1.165) is 13.1 Å². The first kappa shape index (κ1) is 11.5. The second kappa shape index (κ2) is 5.41. The van der Waals surface area contributed by atoms with Crippen LogP contribution in [0.4, 0.5) is 0 Å². The van der Waals surface area contributed by atoms with E-state index in [4.69, 9.17) is 5.11 Å². The van der Waals surface area contributed by atoms with Crippen LogP contribution in [0.1, 0.15) is 25.6 Å². The minimum atomic E-state index is -0.0200. The number of rotatable bonds is 4. The van der Waals surface area contributed by atoms with Crippen molar-refractivity contribution in [2.45, 2.75) is 32.9 Å². The van der Waals surface area contributed by atoms with Crippen LogP contribution in [0.5, 0.6) is 0 Å². The number of aliphatic hydroxyl groups is 1. The first-order chi connectivity index (χ1) is 7.83. The van der Waals surface area contributed by atoms with Crippen LogP contribution in [-0.2, 0) is 13.2 Å². The van der Waals surface area contributed by atoms with Crippen LogP contribution in [0.15, 0.2) is 6.33 Å². The Hall–Kier alpha value is -0.940. The van der Waals surface area contributed by atoms with E-state index in [1.54, 1.807) is 6.33 Å². The Kier molecular flexibility index (Phi) is 3.90. The average Bonchev–Trinajstić information content (AvgIpc) is 2.77. The van der Waals surface area contributed by atoms with Gasteiger partial charge in [0.05, 0.1) is 0 Å². The summed E-state index contributed by atoms with van der Waals surface area (Å²) in [6.45, 7) is 6.68. The van der Waals surface area contributed by atoms with Crippen LogP contribution in [0.3, 0.4) is 0 Å². The predicted octanol–water partition coefficient (Wildman–Crippen LogP) is 0.502. The average molecular weight is 224 g/mol. The molecule has 0 amide bonds. The van der Waals surface area contributed by atoms with Gasteiger partial charge in [-0.3, -0.25) is 0 Å². The lowest BCUT2D eigenvalue weighted by Crippen LogP contribution is -2.34. The molecule has 1 saturated heterocycles. The van der Waals surface area contributed by atoms with E-state index in [9.17, 15) is 0 Å². The lowest BCUT2D eigenvalue weighted by molar-refractivity contribution is 0.177. The summed E-state index contributed by atoms with van der Waals surface area (Å²) in [5.74, 6) is 1.38. The van der Waals surface area contributed by atoms with E-state index >= 15 is 0 Å². The van der Waals surface area contributed by atoms with E-state index in [-0.39, 0.29) is 6.61 Å². The topological polar surface area (TPSA) is 54.2 Å². The van der Waals surface area contributed by atoms with E-state index in [0.29, 0.717) is 11.7 Å².